The van der Waals surface area contributed by atoms with Crippen LogP contribution >= 0.6 is 0 Å². The second kappa shape index (κ2) is 9.26. The average Bonchev–Trinajstić information content (AvgIpc) is 3.02. The molecular weight excluding hydrogens is 374 g/mol. The summed E-state index contributed by atoms with van der Waals surface area (Å²) >= 11 is 0. The molecule has 0 spiro atoms. The second-order valence-corrected chi connectivity index (χ2v) is 8.05. The van der Waals surface area contributed by atoms with E-state index >= 15 is 0 Å². The summed E-state index contributed by atoms with van der Waals surface area (Å²) in [6.45, 7) is 4.37. The van der Waals surface area contributed by atoms with Crippen molar-refractivity contribution in [3.63, 3.8) is 0 Å². The van der Waals surface area contributed by atoms with Crippen molar-refractivity contribution in [2.75, 3.05) is 32.7 Å². The lowest BCUT2D eigenvalue weighted by Crippen LogP contribution is -2.36. The Hall–Kier alpha value is -2.92. The molecule has 0 unspecified atom stereocenters. The van der Waals surface area contributed by atoms with Gasteiger partial charge in [0, 0.05) is 38.1 Å². The summed E-state index contributed by atoms with van der Waals surface area (Å²) < 4.78 is 1.60. The number of benzene rings is 2. The molecule has 2 aromatic carbocycles. The molecule has 0 aliphatic carbocycles. The number of carbonyl (C=O) groups excluding carboxylic acids is 1. The molecule has 1 saturated heterocycles. The van der Waals surface area contributed by atoms with E-state index in [0.717, 1.165) is 56.3 Å². The van der Waals surface area contributed by atoms with Gasteiger partial charge in [0.15, 0.2) is 0 Å². The summed E-state index contributed by atoms with van der Waals surface area (Å²) in [5.41, 5.74) is 2.55. The zero-order valence-electron chi connectivity index (χ0n) is 17.6. The minimum Gasteiger partial charge on any atom is -0.337 e. The number of carbonyl (C=O) groups is 1. The number of rotatable bonds is 5. The summed E-state index contributed by atoms with van der Waals surface area (Å²) in [6, 6.07) is 19.7. The number of nitrogens with zero attached hydrogens (tertiary/aromatic N) is 3. The fraction of sp³-hybridized carbons (Fsp3) is 0.360. The van der Waals surface area contributed by atoms with Crippen molar-refractivity contribution >= 4 is 16.8 Å². The molecule has 2 heterocycles. The molecule has 5 heteroatoms. The van der Waals surface area contributed by atoms with Gasteiger partial charge in [-0.25, -0.2) is 0 Å². The maximum absolute atomic E-state index is 13.3. The lowest BCUT2D eigenvalue weighted by atomic mass is 10.1. The van der Waals surface area contributed by atoms with Crippen molar-refractivity contribution in [1.29, 1.82) is 0 Å². The Kier molecular flexibility index (Phi) is 6.29. The molecule has 0 bridgehead atoms. The van der Waals surface area contributed by atoms with Gasteiger partial charge in [-0.2, -0.15) is 0 Å². The monoisotopic (exact) mass is 403 g/mol. The van der Waals surface area contributed by atoms with Gasteiger partial charge in [-0.15, -0.1) is 0 Å². The van der Waals surface area contributed by atoms with Crippen molar-refractivity contribution in [2.45, 2.75) is 19.3 Å². The first-order valence-electron chi connectivity index (χ1n) is 10.8. The molecule has 156 valence electrons. The summed E-state index contributed by atoms with van der Waals surface area (Å²) in [4.78, 5) is 30.0. The van der Waals surface area contributed by atoms with Gasteiger partial charge in [0.05, 0.1) is 11.1 Å². The predicted octanol–water partition coefficient (Wildman–Crippen LogP) is 3.32. The van der Waals surface area contributed by atoms with E-state index < -0.39 is 0 Å². The van der Waals surface area contributed by atoms with Crippen LogP contribution in [0.3, 0.4) is 0 Å². The number of aryl methyl sites for hydroxylation is 2. The highest BCUT2D eigenvalue weighted by molar-refractivity contribution is 6.06. The van der Waals surface area contributed by atoms with Crippen molar-refractivity contribution in [2.24, 2.45) is 7.05 Å². The first kappa shape index (κ1) is 20.4. The van der Waals surface area contributed by atoms with Crippen LogP contribution in [0.5, 0.6) is 0 Å². The highest BCUT2D eigenvalue weighted by Crippen LogP contribution is 2.19. The van der Waals surface area contributed by atoms with E-state index in [1.165, 1.54) is 11.6 Å². The molecule has 1 aromatic heterocycles. The van der Waals surface area contributed by atoms with Crippen LogP contribution in [0.25, 0.3) is 10.9 Å². The number of hydrogen-bond acceptors (Lipinski definition) is 3. The molecule has 4 rings (SSSR count). The maximum atomic E-state index is 13.3. The summed E-state index contributed by atoms with van der Waals surface area (Å²) in [5.74, 6) is -0.0324. The Bertz CT molecular complexity index is 1070. The smallest absolute Gasteiger partial charge is 0.254 e. The normalized spacial score (nSPS) is 15.3. The minimum atomic E-state index is -0.144. The SMILES string of the molecule is Cn1c(=O)cc(C(=O)N2CCCN(CCCc3ccccc3)CC2)c2ccccc21. The number of aromatic nitrogens is 1. The predicted molar refractivity (Wildman–Crippen MR) is 121 cm³/mol. The molecule has 0 radical (unpaired) electrons. The Balaban J connectivity index is 1.41. The van der Waals surface area contributed by atoms with E-state index in [0.29, 0.717) is 12.1 Å². The standard InChI is InChI=1S/C25H29N3O2/c1-26-23-13-6-5-12-21(23)22(19-24(26)29)25(30)28-16-8-15-27(17-18-28)14-7-11-20-9-3-2-4-10-20/h2-6,9-10,12-13,19H,7-8,11,14-18H2,1H3. The molecule has 1 aliphatic rings. The number of hydrogen-bond donors (Lipinski definition) is 0. The molecule has 3 aromatic rings. The van der Waals surface area contributed by atoms with Crippen molar-refractivity contribution < 1.29 is 4.79 Å². The number of pyridine rings is 1. The Morgan fingerprint density at radius 2 is 1.70 bits per heavy atom. The first-order valence-corrected chi connectivity index (χ1v) is 10.8. The van der Waals surface area contributed by atoms with Crippen molar-refractivity contribution in [3.8, 4) is 0 Å². The second-order valence-electron chi connectivity index (χ2n) is 8.05. The van der Waals surface area contributed by atoms with Crippen LogP contribution in [-0.4, -0.2) is 53.0 Å². The number of fused-ring (bicyclic) bond motifs is 1. The minimum absolute atomic E-state index is 0.0324. The van der Waals surface area contributed by atoms with E-state index in [1.807, 2.05) is 29.2 Å². The van der Waals surface area contributed by atoms with Crippen molar-refractivity contribution in [3.05, 3.63) is 82.1 Å². The molecule has 1 fully saturated rings. The zero-order valence-corrected chi connectivity index (χ0v) is 17.6. The molecule has 5 nitrogen and oxygen atoms in total. The third-order valence-electron chi connectivity index (χ3n) is 6.04. The molecule has 0 saturated carbocycles. The molecular formula is C25H29N3O2. The largest absolute Gasteiger partial charge is 0.337 e. The van der Waals surface area contributed by atoms with Gasteiger partial charge in [0.2, 0.25) is 0 Å². The van der Waals surface area contributed by atoms with Crippen LogP contribution < -0.4 is 5.56 Å². The third kappa shape index (κ3) is 4.46. The van der Waals surface area contributed by atoms with Gasteiger partial charge >= 0.3 is 0 Å². The van der Waals surface area contributed by atoms with Gasteiger partial charge in [-0.3, -0.25) is 9.59 Å². The van der Waals surface area contributed by atoms with E-state index in [2.05, 4.69) is 35.2 Å². The maximum Gasteiger partial charge on any atom is 0.254 e. The fourth-order valence-corrected chi connectivity index (χ4v) is 4.31. The van der Waals surface area contributed by atoms with Gasteiger partial charge in [-0.1, -0.05) is 48.5 Å². The van der Waals surface area contributed by atoms with Crippen LogP contribution in [0, 0.1) is 0 Å². The summed E-state index contributed by atoms with van der Waals surface area (Å²) in [6.07, 6.45) is 3.16. The highest BCUT2D eigenvalue weighted by Gasteiger charge is 2.22. The van der Waals surface area contributed by atoms with Crippen LogP contribution in [0.2, 0.25) is 0 Å². The van der Waals surface area contributed by atoms with Crippen LogP contribution in [-0.2, 0) is 13.5 Å². The van der Waals surface area contributed by atoms with Gasteiger partial charge in [0.25, 0.3) is 11.5 Å². The Morgan fingerprint density at radius 3 is 2.53 bits per heavy atom. The molecule has 0 N–H and O–H groups in total. The fourth-order valence-electron chi connectivity index (χ4n) is 4.31. The van der Waals surface area contributed by atoms with Crippen LogP contribution in [0.15, 0.2) is 65.5 Å². The molecule has 1 aliphatic heterocycles. The summed E-state index contributed by atoms with van der Waals surface area (Å²) in [7, 11) is 1.75. The van der Waals surface area contributed by atoms with E-state index in [4.69, 9.17) is 0 Å². The first-order chi connectivity index (χ1) is 14.6. The zero-order chi connectivity index (χ0) is 20.9. The average molecular weight is 404 g/mol. The van der Waals surface area contributed by atoms with Gasteiger partial charge in [-0.05, 0) is 44.0 Å². The van der Waals surface area contributed by atoms with Gasteiger partial charge in [0.1, 0.15) is 0 Å². The van der Waals surface area contributed by atoms with Gasteiger partial charge < -0.3 is 14.4 Å². The lowest BCUT2D eigenvalue weighted by molar-refractivity contribution is 0.0763. The molecule has 0 atom stereocenters. The highest BCUT2D eigenvalue weighted by atomic mass is 16.2. The molecule has 30 heavy (non-hydrogen) atoms. The van der Waals surface area contributed by atoms with Crippen LogP contribution in [0.1, 0.15) is 28.8 Å². The lowest BCUT2D eigenvalue weighted by Gasteiger charge is -2.23. The number of amides is 1. The third-order valence-corrected chi connectivity index (χ3v) is 6.04. The summed E-state index contributed by atoms with van der Waals surface area (Å²) in [5, 5.41) is 0.841. The molecule has 1 amide bonds. The van der Waals surface area contributed by atoms with E-state index in [9.17, 15) is 9.59 Å². The van der Waals surface area contributed by atoms with Crippen molar-refractivity contribution in [1.82, 2.24) is 14.4 Å². The van der Waals surface area contributed by atoms with E-state index in [-0.39, 0.29) is 11.5 Å². The quantitative estimate of drug-likeness (QED) is 0.657. The number of para-hydroxylation sites is 1. The van der Waals surface area contributed by atoms with Crippen LogP contribution in [0.4, 0.5) is 0 Å². The Labute approximate surface area is 177 Å². The Morgan fingerprint density at radius 1 is 0.933 bits per heavy atom. The topological polar surface area (TPSA) is 45.6 Å². The van der Waals surface area contributed by atoms with E-state index in [1.54, 1.807) is 11.6 Å².